The molecule has 124 valence electrons. The van der Waals surface area contributed by atoms with Crippen molar-refractivity contribution in [3.8, 4) is 0 Å². The van der Waals surface area contributed by atoms with Crippen LogP contribution < -0.4 is 0 Å². The molecule has 0 fully saturated rings. The molecule has 0 saturated carbocycles. The smallest absolute Gasteiger partial charge is 0.346 e. The highest BCUT2D eigenvalue weighted by Crippen LogP contribution is 2.27. The van der Waals surface area contributed by atoms with Crippen LogP contribution in [0.3, 0.4) is 0 Å². The summed E-state index contributed by atoms with van der Waals surface area (Å²) in [7, 11) is 0. The summed E-state index contributed by atoms with van der Waals surface area (Å²) in [4.78, 5) is 24.8. The van der Waals surface area contributed by atoms with Crippen LogP contribution in [0.25, 0.3) is 0 Å². The van der Waals surface area contributed by atoms with Gasteiger partial charge in [-0.25, -0.2) is 9.59 Å². The standard InChI is InChI=1S/C16H30O5/c1-7-15(8-2,19-11-5)13(17)21-14(18)16(9-3,10-4)20-12-6/h7-12H2,1-6H3. The van der Waals surface area contributed by atoms with E-state index in [1.807, 2.05) is 41.5 Å². The van der Waals surface area contributed by atoms with Crippen LogP contribution >= 0.6 is 0 Å². The Morgan fingerprint density at radius 1 is 0.667 bits per heavy atom. The van der Waals surface area contributed by atoms with Crippen LogP contribution in [0.15, 0.2) is 0 Å². The monoisotopic (exact) mass is 302 g/mol. The predicted octanol–water partition coefficient (Wildman–Crippen LogP) is 3.25. The minimum absolute atomic E-state index is 0.392. The lowest BCUT2D eigenvalue weighted by molar-refractivity contribution is -0.193. The molecule has 0 aromatic carbocycles. The molecule has 0 aliphatic rings. The van der Waals surface area contributed by atoms with Crippen molar-refractivity contribution in [3.05, 3.63) is 0 Å². The molecule has 0 radical (unpaired) electrons. The molecular weight excluding hydrogens is 272 g/mol. The van der Waals surface area contributed by atoms with E-state index in [0.717, 1.165) is 0 Å². The molecule has 0 aromatic heterocycles. The molecule has 5 nitrogen and oxygen atoms in total. The third-order valence-electron chi connectivity index (χ3n) is 4.06. The molecule has 0 aliphatic heterocycles. The zero-order valence-electron chi connectivity index (χ0n) is 14.3. The van der Waals surface area contributed by atoms with Crippen LogP contribution in [0.5, 0.6) is 0 Å². The molecule has 0 amide bonds. The second kappa shape index (κ2) is 9.15. The highest BCUT2D eigenvalue weighted by Gasteiger charge is 2.44. The summed E-state index contributed by atoms with van der Waals surface area (Å²) in [6, 6.07) is 0. The third-order valence-corrected chi connectivity index (χ3v) is 4.06. The van der Waals surface area contributed by atoms with Crippen molar-refractivity contribution in [2.75, 3.05) is 13.2 Å². The molecule has 21 heavy (non-hydrogen) atoms. The van der Waals surface area contributed by atoms with Crippen LogP contribution in [-0.4, -0.2) is 36.4 Å². The Hall–Kier alpha value is -0.940. The van der Waals surface area contributed by atoms with E-state index in [9.17, 15) is 9.59 Å². The summed E-state index contributed by atoms with van der Waals surface area (Å²) < 4.78 is 16.2. The fourth-order valence-electron chi connectivity index (χ4n) is 2.43. The SMILES string of the molecule is CCOC(CC)(CC)C(=O)OC(=O)C(CC)(CC)OCC. The second-order valence-electron chi connectivity index (χ2n) is 4.95. The zero-order valence-corrected chi connectivity index (χ0v) is 14.3. The summed E-state index contributed by atoms with van der Waals surface area (Å²) in [6.45, 7) is 11.8. The number of hydrogen-bond donors (Lipinski definition) is 0. The van der Waals surface area contributed by atoms with E-state index in [2.05, 4.69) is 0 Å². The van der Waals surface area contributed by atoms with Crippen molar-refractivity contribution in [1.29, 1.82) is 0 Å². The van der Waals surface area contributed by atoms with Gasteiger partial charge >= 0.3 is 11.9 Å². The number of hydrogen-bond acceptors (Lipinski definition) is 5. The minimum Gasteiger partial charge on any atom is -0.389 e. The van der Waals surface area contributed by atoms with Crippen molar-refractivity contribution in [2.45, 2.75) is 78.4 Å². The number of esters is 2. The molecule has 0 atom stereocenters. The van der Waals surface area contributed by atoms with Crippen molar-refractivity contribution in [1.82, 2.24) is 0 Å². The summed E-state index contributed by atoms with van der Waals surface area (Å²) in [5.41, 5.74) is -2.10. The van der Waals surface area contributed by atoms with Gasteiger partial charge < -0.3 is 14.2 Å². The van der Waals surface area contributed by atoms with E-state index in [-0.39, 0.29) is 0 Å². The van der Waals surface area contributed by atoms with Crippen LogP contribution in [-0.2, 0) is 23.8 Å². The summed E-state index contributed by atoms with van der Waals surface area (Å²) in [5.74, 6) is -1.24. The van der Waals surface area contributed by atoms with Gasteiger partial charge in [-0.3, -0.25) is 0 Å². The Morgan fingerprint density at radius 2 is 0.952 bits per heavy atom. The maximum atomic E-state index is 12.4. The van der Waals surface area contributed by atoms with Gasteiger partial charge in [0.2, 0.25) is 0 Å². The van der Waals surface area contributed by atoms with Gasteiger partial charge in [0, 0.05) is 13.2 Å². The molecule has 0 rings (SSSR count). The maximum absolute atomic E-state index is 12.4. The number of carbonyl (C=O) groups is 2. The number of rotatable bonds is 10. The fourth-order valence-corrected chi connectivity index (χ4v) is 2.43. The lowest BCUT2D eigenvalue weighted by Gasteiger charge is -2.32. The average Bonchev–Trinajstić information content (AvgIpc) is 2.50. The molecule has 0 aromatic rings. The lowest BCUT2D eigenvalue weighted by atomic mass is 9.95. The first kappa shape index (κ1) is 20.1. The normalized spacial score (nSPS) is 12.3. The van der Waals surface area contributed by atoms with Crippen molar-refractivity contribution in [2.24, 2.45) is 0 Å². The van der Waals surface area contributed by atoms with Gasteiger partial charge in [0.15, 0.2) is 11.2 Å². The van der Waals surface area contributed by atoms with E-state index < -0.39 is 23.1 Å². The van der Waals surface area contributed by atoms with Gasteiger partial charge in [-0.15, -0.1) is 0 Å². The van der Waals surface area contributed by atoms with Gasteiger partial charge in [0.25, 0.3) is 0 Å². The van der Waals surface area contributed by atoms with Crippen molar-refractivity contribution < 1.29 is 23.8 Å². The number of ether oxygens (including phenoxy) is 3. The Balaban J connectivity index is 5.15. The molecule has 0 aliphatic carbocycles. The average molecular weight is 302 g/mol. The van der Waals surface area contributed by atoms with Gasteiger partial charge in [-0.05, 0) is 39.5 Å². The largest absolute Gasteiger partial charge is 0.389 e. The van der Waals surface area contributed by atoms with Gasteiger partial charge in [-0.1, -0.05) is 27.7 Å². The van der Waals surface area contributed by atoms with Crippen LogP contribution in [0, 0.1) is 0 Å². The molecule has 0 heterocycles. The summed E-state index contributed by atoms with van der Waals surface area (Å²) in [6.07, 6.45) is 1.85. The number of carbonyl (C=O) groups excluding carboxylic acids is 2. The first-order valence-corrected chi connectivity index (χ1v) is 7.96. The van der Waals surface area contributed by atoms with Gasteiger partial charge in [0.1, 0.15) is 0 Å². The first-order chi connectivity index (χ1) is 9.91. The van der Waals surface area contributed by atoms with Crippen LogP contribution in [0.1, 0.15) is 67.2 Å². The molecule has 0 unspecified atom stereocenters. The summed E-state index contributed by atoms with van der Waals surface area (Å²) in [5, 5.41) is 0. The molecule has 5 heteroatoms. The van der Waals surface area contributed by atoms with E-state index in [1.165, 1.54) is 0 Å². The topological polar surface area (TPSA) is 61.8 Å². The lowest BCUT2D eigenvalue weighted by Crippen LogP contribution is -2.48. The molecule has 0 saturated heterocycles. The zero-order chi connectivity index (χ0) is 16.5. The molecule has 0 N–H and O–H groups in total. The second-order valence-corrected chi connectivity index (χ2v) is 4.95. The highest BCUT2D eigenvalue weighted by molar-refractivity contribution is 5.94. The molecule has 0 bridgehead atoms. The van der Waals surface area contributed by atoms with Gasteiger partial charge in [0.05, 0.1) is 0 Å². The summed E-state index contributed by atoms with van der Waals surface area (Å²) >= 11 is 0. The Bertz CT molecular complexity index is 298. The first-order valence-electron chi connectivity index (χ1n) is 7.96. The third kappa shape index (κ3) is 4.51. The molecule has 0 spiro atoms. The van der Waals surface area contributed by atoms with E-state index in [0.29, 0.717) is 38.9 Å². The van der Waals surface area contributed by atoms with Crippen molar-refractivity contribution >= 4 is 11.9 Å². The van der Waals surface area contributed by atoms with E-state index in [4.69, 9.17) is 14.2 Å². The molecular formula is C16H30O5. The highest BCUT2D eigenvalue weighted by atomic mass is 16.6. The Kier molecular flexibility index (Phi) is 8.74. The van der Waals surface area contributed by atoms with E-state index in [1.54, 1.807) is 0 Å². The quantitative estimate of drug-likeness (QED) is 0.458. The minimum atomic E-state index is -1.05. The van der Waals surface area contributed by atoms with E-state index >= 15 is 0 Å². The Morgan fingerprint density at radius 3 is 1.14 bits per heavy atom. The van der Waals surface area contributed by atoms with Crippen LogP contribution in [0.2, 0.25) is 0 Å². The van der Waals surface area contributed by atoms with Crippen molar-refractivity contribution in [3.63, 3.8) is 0 Å². The van der Waals surface area contributed by atoms with Crippen LogP contribution in [0.4, 0.5) is 0 Å². The maximum Gasteiger partial charge on any atom is 0.346 e. The Labute approximate surface area is 128 Å². The predicted molar refractivity (Wildman–Crippen MR) is 81.0 cm³/mol. The van der Waals surface area contributed by atoms with Gasteiger partial charge in [-0.2, -0.15) is 0 Å². The fraction of sp³-hybridized carbons (Fsp3) is 0.875.